The largest absolute Gasteiger partial charge is 0.756 e. The van der Waals surface area contributed by atoms with E-state index in [1.807, 2.05) is 27.2 Å². The number of aliphatic hydroxyl groups excluding tert-OH is 1. The molecule has 0 aromatic heterocycles. The maximum absolute atomic E-state index is 13.1. The van der Waals surface area contributed by atoms with Gasteiger partial charge in [-0.25, -0.2) is 0 Å². The number of hydrogen-bond donors (Lipinski definition) is 2. The second kappa shape index (κ2) is 70.7. The van der Waals surface area contributed by atoms with Crippen molar-refractivity contribution in [1.29, 1.82) is 0 Å². The molecule has 0 rings (SSSR count). The highest BCUT2D eigenvalue weighted by atomic mass is 31.2. The van der Waals surface area contributed by atoms with Crippen molar-refractivity contribution < 1.29 is 32.9 Å². The Kier molecular flexibility index (Phi) is 67.9. The number of amides is 1. The molecule has 522 valence electrons. The Morgan fingerprint density at radius 2 is 0.681 bits per heavy atom. The van der Waals surface area contributed by atoms with Gasteiger partial charge in [0.25, 0.3) is 7.82 Å². The highest BCUT2D eigenvalue weighted by molar-refractivity contribution is 7.45. The maximum Gasteiger partial charge on any atom is 0.268 e. The molecular weight excluding hydrogens is 1140 g/mol. The van der Waals surface area contributed by atoms with Crippen LogP contribution >= 0.6 is 7.82 Å². The first-order valence-electron chi connectivity index (χ1n) is 37.7. The zero-order valence-corrected chi connectivity index (χ0v) is 60.6. The minimum Gasteiger partial charge on any atom is -0.756 e. The van der Waals surface area contributed by atoms with Gasteiger partial charge >= 0.3 is 0 Å². The van der Waals surface area contributed by atoms with Gasteiger partial charge in [-0.15, -0.1) is 0 Å². The number of quaternary nitrogens is 1. The van der Waals surface area contributed by atoms with Crippen LogP contribution in [0.25, 0.3) is 0 Å². The summed E-state index contributed by atoms with van der Waals surface area (Å²) < 4.78 is 23.5. The van der Waals surface area contributed by atoms with Gasteiger partial charge in [0.2, 0.25) is 5.91 Å². The van der Waals surface area contributed by atoms with Crippen molar-refractivity contribution in [2.75, 3.05) is 40.9 Å². The van der Waals surface area contributed by atoms with Crippen molar-refractivity contribution in [3.63, 3.8) is 0 Å². The Hall–Kier alpha value is -3.62. The molecule has 3 atom stereocenters. The number of rotatable bonds is 68. The zero-order chi connectivity index (χ0) is 66.2. The molecule has 0 radical (unpaired) electrons. The van der Waals surface area contributed by atoms with Crippen LogP contribution < -0.4 is 10.2 Å². The Bertz CT molecular complexity index is 2000. The van der Waals surface area contributed by atoms with E-state index in [-0.39, 0.29) is 12.5 Å². The summed E-state index contributed by atoms with van der Waals surface area (Å²) in [6.45, 7) is 4.52. The van der Waals surface area contributed by atoms with Crippen molar-refractivity contribution in [3.8, 4) is 0 Å². The summed E-state index contributed by atoms with van der Waals surface area (Å²) in [5.41, 5.74) is 0. The fraction of sp³-hybridized carbons (Fsp3) is 0.695. The molecule has 91 heavy (non-hydrogen) atoms. The van der Waals surface area contributed by atoms with Crippen molar-refractivity contribution in [1.82, 2.24) is 5.32 Å². The lowest BCUT2D eigenvalue weighted by Gasteiger charge is -2.29. The van der Waals surface area contributed by atoms with Crippen LogP contribution in [-0.2, 0) is 18.4 Å². The minimum absolute atomic E-state index is 0.0172. The SMILES string of the molecule is CC/C=C\C/C=C\C/C=C\C/C=C\C/C=C\C/C=C\C/C=C\C/C=C\C/C=C\CCCCCCCCCCCC(=O)NC(COP(=O)([O-])OCC[N+](C)(C)C)C(O)/C=C/CC/C=C/CC/C=C/CCCCCCCCCCCCCCCCCCCCCCCC. The summed E-state index contributed by atoms with van der Waals surface area (Å²) >= 11 is 0. The van der Waals surface area contributed by atoms with Crippen LogP contribution in [0.4, 0.5) is 0 Å². The van der Waals surface area contributed by atoms with Crippen LogP contribution in [0.3, 0.4) is 0 Å². The minimum atomic E-state index is -4.63. The number of hydrogen-bond acceptors (Lipinski definition) is 6. The Labute approximate surface area is 563 Å². The molecule has 1 amide bonds. The summed E-state index contributed by atoms with van der Waals surface area (Å²) in [6, 6.07) is -0.926. The lowest BCUT2D eigenvalue weighted by atomic mass is 10.0. The quantitative estimate of drug-likeness (QED) is 0.0272. The van der Waals surface area contributed by atoms with E-state index in [9.17, 15) is 19.4 Å². The second-order valence-electron chi connectivity index (χ2n) is 26.3. The first kappa shape index (κ1) is 87.4. The van der Waals surface area contributed by atoms with Crippen LogP contribution in [-0.4, -0.2) is 68.5 Å². The Balaban J connectivity index is 4.16. The third-order valence-electron chi connectivity index (χ3n) is 16.3. The molecule has 8 nitrogen and oxygen atoms in total. The molecule has 0 aliphatic heterocycles. The van der Waals surface area contributed by atoms with Gasteiger partial charge < -0.3 is 28.8 Å². The number of phosphoric acid groups is 1. The molecule has 0 heterocycles. The van der Waals surface area contributed by atoms with Crippen molar-refractivity contribution in [3.05, 3.63) is 146 Å². The summed E-state index contributed by atoms with van der Waals surface area (Å²) in [5, 5.41) is 13.9. The van der Waals surface area contributed by atoms with Crippen LogP contribution in [0.15, 0.2) is 146 Å². The third-order valence-corrected chi connectivity index (χ3v) is 17.2. The van der Waals surface area contributed by atoms with Gasteiger partial charge in [0.15, 0.2) is 0 Å². The monoisotopic (exact) mass is 1280 g/mol. The standard InChI is InChI=1S/C82H143N2O6P/c1-6-8-10-12-14-16-18-20-22-24-26-28-30-32-34-36-38-40-41-42-43-44-46-48-50-52-54-56-58-60-62-64-66-68-70-72-74-76-82(86)83-80(79-90-91(87,88)89-78-77-84(3,4)5)81(85)75-73-71-69-67-65-63-61-59-57-55-53-51-49-47-45-39-37-35-33-31-29-27-25-23-21-19-17-15-13-11-9-7-2/h8,10,14,16,20,22,26,28,32,34,38,40,42-43,46,48,52,54,57,59,65,67,73,75,80-81,85H,6-7,9,11-13,15,17-19,21,23-25,27,29-31,33,35-37,39,41,44-45,47,49-51,53,55-56,58,60-64,66,68-72,74,76-79H2,1-5H3,(H-,83,86,87,88)/b10-8-,16-14-,22-20-,28-26-,34-32-,40-38-,43-42-,48-46-,54-52-,59-57+,67-65+,75-73+. The highest BCUT2D eigenvalue weighted by Crippen LogP contribution is 2.38. The predicted octanol–water partition coefficient (Wildman–Crippen LogP) is 24.1. The molecule has 0 saturated heterocycles. The number of nitrogens with zero attached hydrogens (tertiary/aromatic N) is 1. The van der Waals surface area contributed by atoms with Gasteiger partial charge in [-0.05, 0) is 116 Å². The molecule has 0 aliphatic rings. The normalized spacial score (nSPS) is 14.4. The molecule has 0 spiro atoms. The van der Waals surface area contributed by atoms with E-state index in [0.29, 0.717) is 17.4 Å². The maximum atomic E-state index is 13.1. The molecule has 9 heteroatoms. The lowest BCUT2D eigenvalue weighted by molar-refractivity contribution is -0.870. The van der Waals surface area contributed by atoms with Crippen LogP contribution in [0.1, 0.15) is 316 Å². The number of unbranched alkanes of at least 4 members (excludes halogenated alkanes) is 33. The van der Waals surface area contributed by atoms with Crippen LogP contribution in [0.2, 0.25) is 0 Å². The molecule has 0 aromatic rings. The number of nitrogens with one attached hydrogen (secondary N) is 1. The number of carbonyl (C=O) groups is 1. The van der Waals surface area contributed by atoms with E-state index in [4.69, 9.17) is 9.05 Å². The number of likely N-dealkylation sites (N-methyl/N-ethyl adjacent to an activating group) is 1. The topological polar surface area (TPSA) is 108 Å². The summed E-state index contributed by atoms with van der Waals surface area (Å²) in [7, 11) is 1.22. The fourth-order valence-electron chi connectivity index (χ4n) is 10.5. The van der Waals surface area contributed by atoms with Gasteiger partial charge in [-0.1, -0.05) is 339 Å². The summed E-state index contributed by atoms with van der Waals surface area (Å²) in [4.78, 5) is 25.7. The van der Waals surface area contributed by atoms with E-state index in [0.717, 1.165) is 116 Å². The molecule has 3 unspecified atom stereocenters. The van der Waals surface area contributed by atoms with E-state index in [2.05, 4.69) is 153 Å². The summed E-state index contributed by atoms with van der Waals surface area (Å²) in [5.74, 6) is -0.221. The third kappa shape index (κ3) is 73.7. The number of carbonyl (C=O) groups excluding carboxylic acids is 1. The van der Waals surface area contributed by atoms with E-state index in [1.54, 1.807) is 6.08 Å². The lowest BCUT2D eigenvalue weighted by Crippen LogP contribution is -2.45. The molecule has 2 N–H and O–H groups in total. The fourth-order valence-corrected chi connectivity index (χ4v) is 11.2. The van der Waals surface area contributed by atoms with Crippen molar-refractivity contribution in [2.45, 2.75) is 328 Å². The first-order valence-corrected chi connectivity index (χ1v) is 39.2. The number of aliphatic hydroxyl groups is 1. The van der Waals surface area contributed by atoms with E-state index in [1.165, 1.54) is 180 Å². The average molecular weight is 1280 g/mol. The molecule has 0 aliphatic carbocycles. The molecule has 0 fully saturated rings. The molecule has 0 saturated carbocycles. The van der Waals surface area contributed by atoms with Crippen molar-refractivity contribution in [2.24, 2.45) is 0 Å². The van der Waals surface area contributed by atoms with Crippen LogP contribution in [0, 0.1) is 0 Å². The second-order valence-corrected chi connectivity index (χ2v) is 27.7. The van der Waals surface area contributed by atoms with Gasteiger partial charge in [-0.2, -0.15) is 0 Å². The zero-order valence-electron chi connectivity index (χ0n) is 59.7. The van der Waals surface area contributed by atoms with Gasteiger partial charge in [0, 0.05) is 6.42 Å². The molecular formula is C82H143N2O6P. The Morgan fingerprint density at radius 1 is 0.396 bits per heavy atom. The first-order chi connectivity index (χ1) is 44.5. The highest BCUT2D eigenvalue weighted by Gasteiger charge is 2.23. The van der Waals surface area contributed by atoms with E-state index >= 15 is 0 Å². The number of allylic oxidation sites excluding steroid dienone is 23. The molecule has 0 bridgehead atoms. The summed E-state index contributed by atoms with van der Waals surface area (Å²) in [6.07, 6.45) is 108. The number of phosphoric ester groups is 1. The predicted molar refractivity (Wildman–Crippen MR) is 398 cm³/mol. The molecule has 0 aromatic carbocycles. The van der Waals surface area contributed by atoms with Gasteiger partial charge in [0.05, 0.1) is 39.9 Å². The van der Waals surface area contributed by atoms with Gasteiger partial charge in [-0.3, -0.25) is 9.36 Å². The van der Waals surface area contributed by atoms with Crippen LogP contribution in [0.5, 0.6) is 0 Å². The Morgan fingerprint density at radius 3 is 1.02 bits per heavy atom. The average Bonchev–Trinajstić information content (AvgIpc) is 3.42. The smallest absolute Gasteiger partial charge is 0.268 e. The van der Waals surface area contributed by atoms with Gasteiger partial charge in [0.1, 0.15) is 13.2 Å². The van der Waals surface area contributed by atoms with Crippen molar-refractivity contribution >= 4 is 13.7 Å². The van der Waals surface area contributed by atoms with E-state index < -0.39 is 26.6 Å².